The number of carbonyl (C=O) groups is 2. The second-order valence-electron chi connectivity index (χ2n) is 3.95. The minimum Gasteiger partial charge on any atom is -0.355 e. The van der Waals surface area contributed by atoms with Gasteiger partial charge in [-0.15, -0.1) is 0 Å². The van der Waals surface area contributed by atoms with E-state index in [1.165, 1.54) is 0 Å². The van der Waals surface area contributed by atoms with Crippen molar-refractivity contribution in [3.8, 4) is 0 Å². The predicted molar refractivity (Wildman–Crippen MR) is 67.0 cm³/mol. The van der Waals surface area contributed by atoms with Crippen LogP contribution in [-0.2, 0) is 4.79 Å². The van der Waals surface area contributed by atoms with Crippen LogP contribution in [0.15, 0.2) is 24.3 Å². The van der Waals surface area contributed by atoms with E-state index in [0.717, 1.165) is 0 Å². The van der Waals surface area contributed by atoms with E-state index in [1.807, 2.05) is 14.1 Å². The molecule has 0 unspecified atom stereocenters. The average molecular weight is 235 g/mol. The molecule has 2 amide bonds. The smallest absolute Gasteiger partial charge is 0.251 e. The number of rotatable bonds is 4. The SMILES string of the molecule is CNC(=O)c1cccc(NC(=O)CN(C)C)c1. The topological polar surface area (TPSA) is 61.4 Å². The normalized spacial score (nSPS) is 10.1. The third kappa shape index (κ3) is 4.24. The first-order chi connectivity index (χ1) is 8.02. The fraction of sp³-hybridized carbons (Fsp3) is 0.333. The molecule has 0 fully saturated rings. The molecule has 0 heterocycles. The molecule has 1 aromatic rings. The summed E-state index contributed by atoms with van der Waals surface area (Å²) >= 11 is 0. The van der Waals surface area contributed by atoms with Gasteiger partial charge in [0.1, 0.15) is 0 Å². The quantitative estimate of drug-likeness (QED) is 0.801. The molecule has 0 saturated heterocycles. The molecular weight excluding hydrogens is 218 g/mol. The summed E-state index contributed by atoms with van der Waals surface area (Å²) in [4.78, 5) is 24.7. The number of nitrogens with zero attached hydrogens (tertiary/aromatic N) is 1. The standard InChI is InChI=1S/C12H17N3O2/c1-13-12(17)9-5-4-6-10(7-9)14-11(16)8-15(2)3/h4-7H,8H2,1-3H3,(H,13,17)(H,14,16). The van der Waals surface area contributed by atoms with Gasteiger partial charge in [-0.25, -0.2) is 0 Å². The van der Waals surface area contributed by atoms with Gasteiger partial charge in [-0.3, -0.25) is 9.59 Å². The summed E-state index contributed by atoms with van der Waals surface area (Å²) in [6.07, 6.45) is 0. The second-order valence-corrected chi connectivity index (χ2v) is 3.95. The van der Waals surface area contributed by atoms with Gasteiger partial charge in [0.05, 0.1) is 6.54 Å². The molecule has 0 aromatic heterocycles. The van der Waals surface area contributed by atoms with Crippen molar-refractivity contribution in [1.82, 2.24) is 10.2 Å². The van der Waals surface area contributed by atoms with Gasteiger partial charge in [-0.1, -0.05) is 6.07 Å². The number of hydrogen-bond donors (Lipinski definition) is 2. The molecule has 0 spiro atoms. The Bertz CT molecular complexity index is 416. The van der Waals surface area contributed by atoms with Crippen molar-refractivity contribution in [3.05, 3.63) is 29.8 Å². The predicted octanol–water partition coefficient (Wildman–Crippen LogP) is 0.546. The molecule has 17 heavy (non-hydrogen) atoms. The summed E-state index contributed by atoms with van der Waals surface area (Å²) < 4.78 is 0. The van der Waals surface area contributed by atoms with Crippen LogP contribution in [0.1, 0.15) is 10.4 Å². The van der Waals surface area contributed by atoms with Crippen LogP contribution >= 0.6 is 0 Å². The summed E-state index contributed by atoms with van der Waals surface area (Å²) in [5.74, 6) is -0.280. The fourth-order valence-electron chi connectivity index (χ4n) is 1.37. The second kappa shape index (κ2) is 6.00. The maximum Gasteiger partial charge on any atom is 0.251 e. The highest BCUT2D eigenvalue weighted by atomic mass is 16.2. The lowest BCUT2D eigenvalue weighted by molar-refractivity contribution is -0.116. The molecule has 1 rings (SSSR count). The lowest BCUT2D eigenvalue weighted by atomic mass is 10.2. The summed E-state index contributed by atoms with van der Waals surface area (Å²) in [6.45, 7) is 0.310. The lowest BCUT2D eigenvalue weighted by Gasteiger charge is -2.10. The Labute approximate surface area is 101 Å². The van der Waals surface area contributed by atoms with Gasteiger partial charge >= 0.3 is 0 Å². The highest BCUT2D eigenvalue weighted by molar-refractivity contribution is 5.97. The molecule has 0 aliphatic rings. The van der Waals surface area contributed by atoms with Gasteiger partial charge in [0, 0.05) is 18.3 Å². The summed E-state index contributed by atoms with van der Waals surface area (Å²) in [7, 11) is 5.21. The largest absolute Gasteiger partial charge is 0.355 e. The van der Waals surface area contributed by atoms with E-state index in [0.29, 0.717) is 17.8 Å². The number of amides is 2. The molecular formula is C12H17N3O2. The van der Waals surface area contributed by atoms with Crippen LogP contribution in [0.2, 0.25) is 0 Å². The Hall–Kier alpha value is -1.88. The Morgan fingerprint density at radius 1 is 1.29 bits per heavy atom. The Kier molecular flexibility index (Phi) is 4.66. The number of anilines is 1. The molecule has 0 saturated carbocycles. The van der Waals surface area contributed by atoms with E-state index < -0.39 is 0 Å². The van der Waals surface area contributed by atoms with Gasteiger partial charge in [0.25, 0.3) is 5.91 Å². The van der Waals surface area contributed by atoms with Crippen LogP contribution in [0.3, 0.4) is 0 Å². The number of nitrogens with one attached hydrogen (secondary N) is 2. The summed E-state index contributed by atoms with van der Waals surface area (Å²) in [6, 6.07) is 6.82. The Morgan fingerprint density at radius 3 is 2.59 bits per heavy atom. The van der Waals surface area contributed by atoms with Crippen LogP contribution in [0.4, 0.5) is 5.69 Å². The van der Waals surface area contributed by atoms with Crippen LogP contribution in [0, 0.1) is 0 Å². The first kappa shape index (κ1) is 13.2. The van der Waals surface area contributed by atoms with Crippen LogP contribution in [-0.4, -0.2) is 44.4 Å². The van der Waals surface area contributed by atoms with E-state index in [4.69, 9.17) is 0 Å². The van der Waals surface area contributed by atoms with Gasteiger partial charge < -0.3 is 15.5 Å². The molecule has 0 aliphatic heterocycles. The monoisotopic (exact) mass is 235 g/mol. The van der Waals surface area contributed by atoms with Crippen molar-refractivity contribution in [2.75, 3.05) is 33.0 Å². The van der Waals surface area contributed by atoms with Crippen molar-refractivity contribution in [2.45, 2.75) is 0 Å². The van der Waals surface area contributed by atoms with Gasteiger partial charge in [0.2, 0.25) is 5.91 Å². The van der Waals surface area contributed by atoms with Crippen LogP contribution in [0.5, 0.6) is 0 Å². The van der Waals surface area contributed by atoms with Crippen molar-refractivity contribution >= 4 is 17.5 Å². The third-order valence-electron chi connectivity index (χ3n) is 2.10. The molecule has 0 bridgehead atoms. The molecule has 0 aliphatic carbocycles. The zero-order valence-corrected chi connectivity index (χ0v) is 10.3. The van der Waals surface area contributed by atoms with Crippen molar-refractivity contribution in [2.24, 2.45) is 0 Å². The highest BCUT2D eigenvalue weighted by Crippen LogP contribution is 2.10. The molecule has 1 aromatic carbocycles. The zero-order valence-electron chi connectivity index (χ0n) is 10.3. The van der Waals surface area contributed by atoms with Crippen LogP contribution in [0.25, 0.3) is 0 Å². The van der Waals surface area contributed by atoms with E-state index in [1.54, 1.807) is 36.2 Å². The third-order valence-corrected chi connectivity index (χ3v) is 2.10. The van der Waals surface area contributed by atoms with Gasteiger partial charge in [-0.2, -0.15) is 0 Å². The van der Waals surface area contributed by atoms with Gasteiger partial charge in [0.15, 0.2) is 0 Å². The summed E-state index contributed by atoms with van der Waals surface area (Å²) in [5, 5.41) is 5.27. The summed E-state index contributed by atoms with van der Waals surface area (Å²) in [5.41, 5.74) is 1.15. The Balaban J connectivity index is 2.72. The van der Waals surface area contributed by atoms with Crippen LogP contribution < -0.4 is 10.6 Å². The van der Waals surface area contributed by atoms with E-state index >= 15 is 0 Å². The molecule has 0 radical (unpaired) electrons. The Morgan fingerprint density at radius 2 is 2.00 bits per heavy atom. The van der Waals surface area contributed by atoms with Crippen molar-refractivity contribution < 1.29 is 9.59 Å². The molecule has 2 N–H and O–H groups in total. The number of carbonyl (C=O) groups excluding carboxylic acids is 2. The minimum absolute atomic E-state index is 0.107. The van der Waals surface area contributed by atoms with E-state index in [-0.39, 0.29) is 11.8 Å². The van der Waals surface area contributed by atoms with E-state index in [9.17, 15) is 9.59 Å². The fourth-order valence-corrected chi connectivity index (χ4v) is 1.37. The number of likely N-dealkylation sites (N-methyl/N-ethyl adjacent to an activating group) is 1. The first-order valence-corrected chi connectivity index (χ1v) is 5.29. The molecule has 5 heteroatoms. The van der Waals surface area contributed by atoms with Crippen molar-refractivity contribution in [3.63, 3.8) is 0 Å². The van der Waals surface area contributed by atoms with Crippen molar-refractivity contribution in [1.29, 1.82) is 0 Å². The van der Waals surface area contributed by atoms with Gasteiger partial charge in [-0.05, 0) is 32.3 Å². The maximum absolute atomic E-state index is 11.5. The highest BCUT2D eigenvalue weighted by Gasteiger charge is 2.06. The first-order valence-electron chi connectivity index (χ1n) is 5.29. The average Bonchev–Trinajstić information content (AvgIpc) is 2.27. The molecule has 0 atom stereocenters. The number of benzene rings is 1. The minimum atomic E-state index is -0.172. The zero-order chi connectivity index (χ0) is 12.8. The number of hydrogen-bond acceptors (Lipinski definition) is 3. The molecule has 5 nitrogen and oxygen atoms in total. The maximum atomic E-state index is 11.5. The molecule has 92 valence electrons. The van der Waals surface area contributed by atoms with E-state index in [2.05, 4.69) is 10.6 Å². The lowest BCUT2D eigenvalue weighted by Crippen LogP contribution is -2.27.